The Morgan fingerprint density at radius 3 is 3.07 bits per heavy atom. The van der Waals surface area contributed by atoms with E-state index in [0.29, 0.717) is 18.5 Å². The van der Waals surface area contributed by atoms with Gasteiger partial charge in [-0.1, -0.05) is 18.9 Å². The van der Waals surface area contributed by atoms with Crippen molar-refractivity contribution in [2.75, 3.05) is 24.5 Å². The summed E-state index contributed by atoms with van der Waals surface area (Å²) in [5.41, 5.74) is 0. The van der Waals surface area contributed by atoms with Crippen LogP contribution in [0.25, 0.3) is 0 Å². The molecule has 5 heteroatoms. The molecular weight excluding hydrogens is 192 g/mol. The number of rotatable bonds is 4. The molecule has 0 saturated carbocycles. The first kappa shape index (κ1) is 10.4. The molecule has 0 spiro atoms. The Balaban J connectivity index is 1.94. The molecule has 1 fully saturated rings. The van der Waals surface area contributed by atoms with E-state index in [-0.39, 0.29) is 0 Å². The van der Waals surface area contributed by atoms with Gasteiger partial charge in [0, 0.05) is 13.1 Å². The Labute approximate surface area is 89.9 Å². The summed E-state index contributed by atoms with van der Waals surface area (Å²) in [5, 5.41) is 11.2. The molecule has 15 heavy (non-hydrogen) atoms. The Morgan fingerprint density at radius 1 is 1.53 bits per heavy atom. The van der Waals surface area contributed by atoms with Gasteiger partial charge in [-0.15, -0.1) is 5.10 Å². The van der Waals surface area contributed by atoms with Crippen molar-refractivity contribution >= 4 is 6.01 Å². The zero-order valence-corrected chi connectivity index (χ0v) is 9.36. The van der Waals surface area contributed by atoms with E-state index in [1.807, 2.05) is 0 Å². The molecular formula is C10H18N4O. The van der Waals surface area contributed by atoms with Crippen LogP contribution in [0.15, 0.2) is 4.42 Å². The average molecular weight is 210 g/mol. The topological polar surface area (TPSA) is 54.2 Å². The fourth-order valence-corrected chi connectivity index (χ4v) is 1.78. The predicted octanol–water partition coefficient (Wildman–Crippen LogP) is 1.03. The molecule has 0 bridgehead atoms. The number of nitrogens with one attached hydrogen (secondary N) is 1. The van der Waals surface area contributed by atoms with Crippen molar-refractivity contribution in [2.45, 2.75) is 26.8 Å². The first-order valence-corrected chi connectivity index (χ1v) is 5.57. The Morgan fingerprint density at radius 2 is 2.40 bits per heavy atom. The van der Waals surface area contributed by atoms with Gasteiger partial charge in [0.1, 0.15) is 0 Å². The van der Waals surface area contributed by atoms with Crippen molar-refractivity contribution < 1.29 is 4.42 Å². The van der Waals surface area contributed by atoms with Crippen molar-refractivity contribution in [1.82, 2.24) is 15.5 Å². The highest BCUT2D eigenvalue weighted by Gasteiger charge is 2.22. The second kappa shape index (κ2) is 4.61. The minimum atomic E-state index is 0.660. The van der Waals surface area contributed by atoms with Gasteiger partial charge in [0.05, 0.1) is 6.54 Å². The summed E-state index contributed by atoms with van der Waals surface area (Å²) in [6.07, 6.45) is 1.21. The van der Waals surface area contributed by atoms with Gasteiger partial charge in [-0.3, -0.25) is 0 Å². The van der Waals surface area contributed by atoms with E-state index in [4.69, 9.17) is 4.42 Å². The normalized spacial score (nSPS) is 21.2. The van der Waals surface area contributed by atoms with Crippen LogP contribution in [0.3, 0.4) is 0 Å². The number of nitrogens with zero attached hydrogens (tertiary/aromatic N) is 3. The lowest BCUT2D eigenvalue weighted by atomic mass is 10.2. The summed E-state index contributed by atoms with van der Waals surface area (Å²) in [7, 11) is 0. The third-order valence-corrected chi connectivity index (χ3v) is 2.68. The molecule has 5 nitrogen and oxygen atoms in total. The molecule has 2 rings (SSSR count). The molecule has 1 aliphatic heterocycles. The maximum absolute atomic E-state index is 5.56. The first-order valence-electron chi connectivity index (χ1n) is 5.57. The summed E-state index contributed by atoms with van der Waals surface area (Å²) in [6.45, 7) is 7.94. The maximum atomic E-state index is 5.56. The van der Waals surface area contributed by atoms with E-state index < -0.39 is 0 Å². The molecule has 1 saturated heterocycles. The average Bonchev–Trinajstić information content (AvgIpc) is 2.83. The van der Waals surface area contributed by atoms with Crippen LogP contribution in [0.2, 0.25) is 0 Å². The molecule has 1 atom stereocenters. The van der Waals surface area contributed by atoms with E-state index in [1.165, 1.54) is 6.42 Å². The Bertz CT molecular complexity index is 312. The molecule has 2 heterocycles. The van der Waals surface area contributed by atoms with Gasteiger partial charge in [-0.05, 0) is 18.9 Å². The van der Waals surface area contributed by atoms with E-state index in [1.54, 1.807) is 0 Å². The minimum Gasteiger partial charge on any atom is -0.407 e. The highest BCUT2D eigenvalue weighted by Crippen LogP contribution is 2.21. The van der Waals surface area contributed by atoms with Gasteiger partial charge in [-0.2, -0.15) is 0 Å². The number of hydrogen-bond acceptors (Lipinski definition) is 5. The Hall–Kier alpha value is -1.10. The maximum Gasteiger partial charge on any atom is 0.318 e. The molecule has 0 aromatic carbocycles. The van der Waals surface area contributed by atoms with Gasteiger partial charge >= 0.3 is 6.01 Å². The van der Waals surface area contributed by atoms with Crippen LogP contribution < -0.4 is 10.2 Å². The third-order valence-electron chi connectivity index (χ3n) is 2.68. The van der Waals surface area contributed by atoms with E-state index >= 15 is 0 Å². The molecule has 1 aromatic rings. The monoisotopic (exact) mass is 210 g/mol. The highest BCUT2D eigenvalue weighted by atomic mass is 16.4. The molecule has 1 unspecified atom stereocenters. The van der Waals surface area contributed by atoms with Crippen molar-refractivity contribution in [3.05, 3.63) is 5.89 Å². The second-order valence-electron chi connectivity index (χ2n) is 4.10. The summed E-state index contributed by atoms with van der Waals surface area (Å²) in [6, 6.07) is 0.673. The predicted molar refractivity (Wildman–Crippen MR) is 57.7 cm³/mol. The number of anilines is 1. The van der Waals surface area contributed by atoms with Gasteiger partial charge in [0.2, 0.25) is 5.89 Å². The summed E-state index contributed by atoms with van der Waals surface area (Å²) in [5.74, 6) is 1.40. The van der Waals surface area contributed by atoms with Crippen LogP contribution in [-0.2, 0) is 6.54 Å². The number of hydrogen-bond donors (Lipinski definition) is 1. The van der Waals surface area contributed by atoms with Crippen LogP contribution in [-0.4, -0.2) is 29.8 Å². The number of aromatic nitrogens is 2. The fraction of sp³-hybridized carbons (Fsp3) is 0.800. The smallest absolute Gasteiger partial charge is 0.318 e. The molecule has 1 N–H and O–H groups in total. The quantitative estimate of drug-likeness (QED) is 0.804. The summed E-state index contributed by atoms with van der Waals surface area (Å²) in [4.78, 5) is 2.16. The van der Waals surface area contributed by atoms with Crippen LogP contribution in [0.4, 0.5) is 6.01 Å². The summed E-state index contributed by atoms with van der Waals surface area (Å²) < 4.78 is 5.56. The third kappa shape index (κ3) is 2.47. The SMILES string of the molecule is CCNCc1nnc(N2CCC(C)C2)o1. The molecule has 1 aromatic heterocycles. The zero-order valence-electron chi connectivity index (χ0n) is 9.36. The van der Waals surface area contributed by atoms with Gasteiger partial charge < -0.3 is 14.6 Å². The first-order chi connectivity index (χ1) is 7.29. The zero-order chi connectivity index (χ0) is 10.7. The van der Waals surface area contributed by atoms with Gasteiger partial charge in [-0.25, -0.2) is 0 Å². The molecule has 0 amide bonds. The lowest BCUT2D eigenvalue weighted by Crippen LogP contribution is -2.19. The van der Waals surface area contributed by atoms with Crippen LogP contribution >= 0.6 is 0 Å². The lowest BCUT2D eigenvalue weighted by Gasteiger charge is -2.10. The second-order valence-corrected chi connectivity index (χ2v) is 4.10. The molecule has 0 radical (unpaired) electrons. The van der Waals surface area contributed by atoms with Crippen LogP contribution in [0, 0.1) is 5.92 Å². The largest absolute Gasteiger partial charge is 0.407 e. The molecule has 84 valence electrons. The van der Waals surface area contributed by atoms with Crippen LogP contribution in [0.5, 0.6) is 0 Å². The van der Waals surface area contributed by atoms with Gasteiger partial charge in [0.15, 0.2) is 0 Å². The standard InChI is InChI=1S/C10H18N4O/c1-3-11-6-9-12-13-10(15-9)14-5-4-8(2)7-14/h8,11H,3-7H2,1-2H3. The van der Waals surface area contributed by atoms with Crippen LogP contribution in [0.1, 0.15) is 26.2 Å². The molecule has 1 aliphatic rings. The van der Waals surface area contributed by atoms with E-state index in [2.05, 4.69) is 34.3 Å². The lowest BCUT2D eigenvalue weighted by molar-refractivity contribution is 0.468. The minimum absolute atomic E-state index is 0.660. The highest BCUT2D eigenvalue weighted by molar-refractivity contribution is 5.26. The van der Waals surface area contributed by atoms with E-state index in [9.17, 15) is 0 Å². The van der Waals surface area contributed by atoms with Crippen molar-refractivity contribution in [3.63, 3.8) is 0 Å². The Kier molecular flexibility index (Phi) is 3.20. The fourth-order valence-electron chi connectivity index (χ4n) is 1.78. The van der Waals surface area contributed by atoms with E-state index in [0.717, 1.165) is 25.6 Å². The summed E-state index contributed by atoms with van der Waals surface area (Å²) >= 11 is 0. The van der Waals surface area contributed by atoms with Gasteiger partial charge in [0.25, 0.3) is 0 Å². The van der Waals surface area contributed by atoms with Crippen molar-refractivity contribution in [3.8, 4) is 0 Å². The molecule has 0 aliphatic carbocycles. The van der Waals surface area contributed by atoms with Crippen molar-refractivity contribution in [1.29, 1.82) is 0 Å². The van der Waals surface area contributed by atoms with Crippen molar-refractivity contribution in [2.24, 2.45) is 5.92 Å².